The van der Waals surface area contributed by atoms with E-state index in [1.807, 2.05) is 0 Å². The predicted molar refractivity (Wildman–Crippen MR) is 75.0 cm³/mol. The van der Waals surface area contributed by atoms with Crippen LogP contribution < -0.4 is 0 Å². The molecule has 22 heavy (non-hydrogen) atoms. The van der Waals surface area contributed by atoms with Crippen LogP contribution in [0.5, 0.6) is 0 Å². The van der Waals surface area contributed by atoms with Crippen LogP contribution in [0.3, 0.4) is 0 Å². The molecule has 2 aromatic heterocycles. The Morgan fingerprint density at radius 1 is 1.64 bits per heavy atom. The molecule has 1 atom stereocenters. The molecule has 0 bridgehead atoms. The Labute approximate surface area is 126 Å². The normalized spacial score (nSPS) is 17.5. The third-order valence-corrected chi connectivity index (χ3v) is 3.63. The Morgan fingerprint density at radius 2 is 2.45 bits per heavy atom. The Bertz CT molecular complexity index is 749. The van der Waals surface area contributed by atoms with Gasteiger partial charge in [-0.2, -0.15) is 10.4 Å². The number of carbonyl (C=O) groups is 1. The lowest BCUT2D eigenvalue weighted by Crippen LogP contribution is -2.12. The maximum Gasteiger partial charge on any atom is 0.325 e. The number of ether oxygens (including phenoxy) is 1. The Balaban J connectivity index is 2.05. The number of aliphatic carboxylic acids is 1. The van der Waals surface area contributed by atoms with Crippen molar-refractivity contribution in [1.82, 2.24) is 19.3 Å². The van der Waals surface area contributed by atoms with Crippen LogP contribution >= 0.6 is 0 Å². The van der Waals surface area contributed by atoms with E-state index in [1.54, 1.807) is 23.9 Å². The summed E-state index contributed by atoms with van der Waals surface area (Å²) in [5.74, 6) is 0.140. The number of aryl methyl sites for hydroxylation is 1. The molecule has 0 radical (unpaired) electrons. The van der Waals surface area contributed by atoms with Crippen molar-refractivity contribution < 1.29 is 14.6 Å². The molecule has 1 fully saturated rings. The first-order chi connectivity index (χ1) is 10.6. The Morgan fingerprint density at radius 3 is 3.05 bits per heavy atom. The van der Waals surface area contributed by atoms with Gasteiger partial charge in [-0.3, -0.25) is 4.79 Å². The summed E-state index contributed by atoms with van der Waals surface area (Å²) in [5.41, 5.74) is 1.16. The molecule has 8 nitrogen and oxygen atoms in total. The van der Waals surface area contributed by atoms with E-state index in [0.29, 0.717) is 36.1 Å². The standard InChI is InChI=1S/C14H15N5O3/c1-18-6-9(5-15)4-11(18)14-16-13(10-2-3-22-8-10)17-19(14)7-12(20)21/h4,6,10H,2-3,7-8H2,1H3,(H,20,21). The second-order valence-corrected chi connectivity index (χ2v) is 5.24. The van der Waals surface area contributed by atoms with Crippen LogP contribution in [0.25, 0.3) is 11.5 Å². The molecule has 3 heterocycles. The number of hydrogen-bond donors (Lipinski definition) is 1. The quantitative estimate of drug-likeness (QED) is 0.893. The smallest absolute Gasteiger partial charge is 0.325 e. The third-order valence-electron chi connectivity index (χ3n) is 3.63. The summed E-state index contributed by atoms with van der Waals surface area (Å²) < 4.78 is 8.45. The summed E-state index contributed by atoms with van der Waals surface area (Å²) in [7, 11) is 1.79. The maximum absolute atomic E-state index is 11.1. The van der Waals surface area contributed by atoms with E-state index in [-0.39, 0.29) is 12.5 Å². The van der Waals surface area contributed by atoms with E-state index in [2.05, 4.69) is 16.2 Å². The van der Waals surface area contributed by atoms with Gasteiger partial charge in [-0.15, -0.1) is 0 Å². The van der Waals surface area contributed by atoms with Crippen molar-refractivity contribution in [3.8, 4) is 17.6 Å². The molecule has 8 heteroatoms. The first-order valence-corrected chi connectivity index (χ1v) is 6.89. The van der Waals surface area contributed by atoms with E-state index >= 15 is 0 Å². The summed E-state index contributed by atoms with van der Waals surface area (Å²) in [6.45, 7) is 0.937. The average molecular weight is 301 g/mol. The summed E-state index contributed by atoms with van der Waals surface area (Å²) in [6, 6.07) is 3.74. The molecule has 1 aliphatic rings. The van der Waals surface area contributed by atoms with E-state index in [1.165, 1.54) is 4.68 Å². The van der Waals surface area contributed by atoms with Gasteiger partial charge in [0.05, 0.1) is 17.9 Å². The molecule has 1 saturated heterocycles. The van der Waals surface area contributed by atoms with E-state index in [0.717, 1.165) is 6.42 Å². The monoisotopic (exact) mass is 301 g/mol. The fraction of sp³-hybridized carbons (Fsp3) is 0.429. The predicted octanol–water partition coefficient (Wildman–Crippen LogP) is 0.744. The van der Waals surface area contributed by atoms with Crippen molar-refractivity contribution in [3.63, 3.8) is 0 Å². The van der Waals surface area contributed by atoms with Crippen LogP contribution in [0.2, 0.25) is 0 Å². The minimum atomic E-state index is -0.991. The molecular weight excluding hydrogens is 286 g/mol. The molecule has 0 aromatic carbocycles. The maximum atomic E-state index is 11.1. The topological polar surface area (TPSA) is 106 Å². The van der Waals surface area contributed by atoms with Gasteiger partial charge in [-0.1, -0.05) is 0 Å². The third kappa shape index (κ3) is 2.58. The molecule has 0 amide bonds. The average Bonchev–Trinajstić information content (AvgIpc) is 3.17. The first-order valence-electron chi connectivity index (χ1n) is 6.89. The van der Waals surface area contributed by atoms with Gasteiger partial charge in [0.2, 0.25) is 0 Å². The minimum Gasteiger partial charge on any atom is -0.480 e. The summed E-state index contributed by atoms with van der Waals surface area (Å²) in [5, 5.41) is 22.4. The lowest BCUT2D eigenvalue weighted by Gasteiger charge is -2.03. The molecule has 2 aromatic rings. The molecule has 3 rings (SSSR count). The number of carboxylic acid groups (broad SMARTS) is 1. The van der Waals surface area contributed by atoms with E-state index in [4.69, 9.17) is 15.1 Å². The van der Waals surface area contributed by atoms with Crippen molar-refractivity contribution >= 4 is 5.97 Å². The number of nitrogens with zero attached hydrogens (tertiary/aromatic N) is 5. The molecule has 0 spiro atoms. The highest BCUT2D eigenvalue weighted by Gasteiger charge is 2.25. The van der Waals surface area contributed by atoms with Crippen LogP contribution in [-0.4, -0.2) is 43.6 Å². The Hall–Kier alpha value is -2.66. The highest BCUT2D eigenvalue weighted by molar-refractivity contribution is 5.67. The van der Waals surface area contributed by atoms with Gasteiger partial charge >= 0.3 is 5.97 Å². The zero-order valence-corrected chi connectivity index (χ0v) is 12.1. The number of rotatable bonds is 4. The molecule has 1 N–H and O–H groups in total. The fourth-order valence-electron chi connectivity index (χ4n) is 2.55. The zero-order valence-electron chi connectivity index (χ0n) is 12.1. The van der Waals surface area contributed by atoms with Gasteiger partial charge in [0.15, 0.2) is 11.6 Å². The number of nitriles is 1. The molecule has 1 aliphatic heterocycles. The van der Waals surface area contributed by atoms with Gasteiger partial charge < -0.3 is 14.4 Å². The van der Waals surface area contributed by atoms with Crippen molar-refractivity contribution in [1.29, 1.82) is 5.26 Å². The number of hydrogen-bond acceptors (Lipinski definition) is 5. The van der Waals surface area contributed by atoms with Crippen molar-refractivity contribution in [2.75, 3.05) is 13.2 Å². The van der Waals surface area contributed by atoms with Gasteiger partial charge in [0, 0.05) is 25.8 Å². The molecule has 0 saturated carbocycles. The first kappa shape index (κ1) is 14.3. The minimum absolute atomic E-state index is 0.0875. The molecule has 0 aliphatic carbocycles. The van der Waals surface area contributed by atoms with Crippen molar-refractivity contribution in [2.24, 2.45) is 7.05 Å². The largest absolute Gasteiger partial charge is 0.480 e. The highest BCUT2D eigenvalue weighted by Crippen LogP contribution is 2.26. The van der Waals surface area contributed by atoms with Gasteiger partial charge in [-0.25, -0.2) is 9.67 Å². The van der Waals surface area contributed by atoms with Crippen LogP contribution in [-0.2, 0) is 23.1 Å². The van der Waals surface area contributed by atoms with Crippen LogP contribution in [0.4, 0.5) is 0 Å². The van der Waals surface area contributed by atoms with Gasteiger partial charge in [-0.05, 0) is 12.5 Å². The van der Waals surface area contributed by atoms with Crippen LogP contribution in [0.1, 0.15) is 23.7 Å². The fourth-order valence-corrected chi connectivity index (χ4v) is 2.55. The number of aromatic nitrogens is 4. The number of carboxylic acids is 1. The highest BCUT2D eigenvalue weighted by atomic mass is 16.5. The second-order valence-electron chi connectivity index (χ2n) is 5.24. The molecule has 114 valence electrons. The van der Waals surface area contributed by atoms with Gasteiger partial charge in [0.1, 0.15) is 12.6 Å². The van der Waals surface area contributed by atoms with Crippen molar-refractivity contribution in [3.05, 3.63) is 23.7 Å². The second kappa shape index (κ2) is 5.61. The molecule has 1 unspecified atom stereocenters. The SMILES string of the molecule is Cn1cc(C#N)cc1-c1nc(C2CCOC2)nn1CC(=O)O. The zero-order chi connectivity index (χ0) is 15.7. The summed E-state index contributed by atoms with van der Waals surface area (Å²) in [6.07, 6.45) is 2.50. The van der Waals surface area contributed by atoms with Gasteiger partial charge in [0.25, 0.3) is 0 Å². The Kier molecular flexibility index (Phi) is 3.65. The summed E-state index contributed by atoms with van der Waals surface area (Å²) >= 11 is 0. The van der Waals surface area contributed by atoms with Crippen molar-refractivity contribution in [2.45, 2.75) is 18.9 Å². The lowest BCUT2D eigenvalue weighted by molar-refractivity contribution is -0.137. The van der Waals surface area contributed by atoms with E-state index in [9.17, 15) is 4.79 Å². The summed E-state index contributed by atoms with van der Waals surface area (Å²) in [4.78, 5) is 15.6. The van der Waals surface area contributed by atoms with E-state index < -0.39 is 5.97 Å². The lowest BCUT2D eigenvalue weighted by atomic mass is 10.1. The molecular formula is C14H15N5O3. The van der Waals surface area contributed by atoms with Crippen LogP contribution in [0.15, 0.2) is 12.3 Å². The van der Waals surface area contributed by atoms with Crippen LogP contribution in [0, 0.1) is 11.3 Å².